The van der Waals surface area contributed by atoms with Crippen molar-refractivity contribution < 1.29 is 30.7 Å². The van der Waals surface area contributed by atoms with Gasteiger partial charge in [0.1, 0.15) is 0 Å². The van der Waals surface area contributed by atoms with E-state index in [1.54, 1.807) is 0 Å². The van der Waals surface area contributed by atoms with Crippen LogP contribution in [0.2, 0.25) is 0 Å². The molecule has 150 valence electrons. The number of hydrogen-bond donors (Lipinski definition) is 1. The normalized spacial score (nSPS) is 50.4. The van der Waals surface area contributed by atoms with Gasteiger partial charge in [0.2, 0.25) is 0 Å². The second-order valence-corrected chi connectivity index (χ2v) is 24.8. The summed E-state index contributed by atoms with van der Waals surface area (Å²) in [5.74, 6) is 5.95. The molecule has 0 amide bonds. The molecule has 0 spiro atoms. The van der Waals surface area contributed by atoms with Crippen molar-refractivity contribution in [3.05, 3.63) is 0 Å². The quantitative estimate of drug-likeness (QED) is 0.111. The number of nitrogens with one attached hydrogen (secondary N) is 1. The van der Waals surface area contributed by atoms with Crippen molar-refractivity contribution >= 4 is 48.7 Å². The predicted octanol–water partition coefficient (Wildman–Crippen LogP) is 1.95. The first kappa shape index (κ1) is 19.6. The van der Waals surface area contributed by atoms with Crippen LogP contribution in [0.1, 0.15) is 58.8 Å². The Bertz CT molecular complexity index is 589. The van der Waals surface area contributed by atoms with Crippen LogP contribution < -0.4 is 24.7 Å². The molecule has 2 heterocycles. The molecule has 26 heavy (non-hydrogen) atoms. The summed E-state index contributed by atoms with van der Waals surface area (Å²) >= 11 is 1.64. The Morgan fingerprint density at radius 3 is 2.54 bits per heavy atom. The van der Waals surface area contributed by atoms with Gasteiger partial charge >= 0.3 is 191 Å². The summed E-state index contributed by atoms with van der Waals surface area (Å²) in [6, 6.07) is 0. The van der Waals surface area contributed by atoms with Gasteiger partial charge in [-0.25, -0.2) is 0 Å². The first-order chi connectivity index (χ1) is 12.5. The first-order valence-electron chi connectivity index (χ1n) is 10.5. The van der Waals surface area contributed by atoms with Gasteiger partial charge in [0.15, 0.2) is 0 Å². The molecule has 2 bridgehead atoms. The van der Waals surface area contributed by atoms with E-state index in [4.69, 9.17) is 4.74 Å². The zero-order valence-electron chi connectivity index (χ0n) is 15.7. The molecule has 3 aliphatic carbocycles. The minimum atomic E-state index is -0.926. The summed E-state index contributed by atoms with van der Waals surface area (Å²) in [6.45, 7) is 5.42. The molecule has 5 fully saturated rings. The second kappa shape index (κ2) is 7.39. The third-order valence-electron chi connectivity index (χ3n) is 7.76. The summed E-state index contributed by atoms with van der Waals surface area (Å²) in [5.41, 5.74) is 0. The van der Waals surface area contributed by atoms with Crippen molar-refractivity contribution in [2.45, 2.75) is 66.2 Å². The standard InChI is InChI=1S/C20H31I3NO2/c1-3-4-12-9-15(17-14-6-5-13(10-14)16(12)17)7-8-26-19(25)18(21)20-22-11(2)23(20)24-20/h11-18,24H,3-10H2,1-2H3/q-1. The molecule has 2 aliphatic heterocycles. The third-order valence-corrected chi connectivity index (χ3v) is 29.7. The summed E-state index contributed by atoms with van der Waals surface area (Å²) in [6.07, 6.45) is 9.83. The van der Waals surface area contributed by atoms with Crippen LogP contribution in [0.3, 0.4) is 0 Å². The number of halogens is 3. The van der Waals surface area contributed by atoms with Crippen LogP contribution in [0, 0.1) is 35.5 Å². The molecule has 9 atom stereocenters. The first-order valence-corrected chi connectivity index (χ1v) is 17.4. The molecule has 1 N–H and O–H groups in total. The minimum absolute atomic E-state index is 0.0945. The maximum atomic E-state index is 12.6. The Hall–Kier alpha value is 1.62. The fourth-order valence-electron chi connectivity index (χ4n) is 6.91. The monoisotopic (exact) mass is 698 g/mol. The van der Waals surface area contributed by atoms with Crippen molar-refractivity contribution in [1.82, 2.24) is 3.53 Å². The van der Waals surface area contributed by atoms with Crippen LogP contribution in [-0.4, -0.2) is 20.0 Å². The number of carbonyl (C=O) groups is 1. The number of carbonyl (C=O) groups excluding carboxylic acids is 1. The molecule has 3 saturated carbocycles. The fourth-order valence-corrected chi connectivity index (χ4v) is 29.8. The number of fused-ring (bicyclic) bond motifs is 6. The molecular formula is C20H31I3NO2-. The van der Waals surface area contributed by atoms with Crippen molar-refractivity contribution in [2.24, 2.45) is 35.5 Å². The van der Waals surface area contributed by atoms with Gasteiger partial charge in [-0.05, 0) is 0 Å². The van der Waals surface area contributed by atoms with Crippen LogP contribution in [0.15, 0.2) is 0 Å². The van der Waals surface area contributed by atoms with Gasteiger partial charge in [0, 0.05) is 0 Å². The van der Waals surface area contributed by atoms with E-state index in [1.165, 1.54) is 38.5 Å². The van der Waals surface area contributed by atoms with E-state index in [9.17, 15) is 4.79 Å². The van der Waals surface area contributed by atoms with Gasteiger partial charge in [-0.2, -0.15) is 0 Å². The van der Waals surface area contributed by atoms with E-state index >= 15 is 0 Å². The van der Waals surface area contributed by atoms with E-state index in [1.807, 2.05) is 0 Å². The van der Waals surface area contributed by atoms with Crippen LogP contribution in [0.4, 0.5) is 0 Å². The zero-order valence-corrected chi connectivity index (χ0v) is 22.2. The average molecular weight is 698 g/mol. The van der Waals surface area contributed by atoms with Gasteiger partial charge in [-0.3, -0.25) is 0 Å². The Morgan fingerprint density at radius 2 is 1.96 bits per heavy atom. The van der Waals surface area contributed by atoms with Crippen LogP contribution in [0.25, 0.3) is 0 Å². The van der Waals surface area contributed by atoms with Crippen LogP contribution >= 0.6 is 42.7 Å². The number of alkyl halides is 5. The molecule has 2 saturated heterocycles. The average Bonchev–Trinajstić information content (AvgIpc) is 3.01. The molecule has 6 heteroatoms. The number of ether oxygens (including phenoxy) is 1. The van der Waals surface area contributed by atoms with Gasteiger partial charge in [-0.15, -0.1) is 0 Å². The number of rotatable bonds is 7. The Balaban J connectivity index is 1.14. The molecule has 9 unspecified atom stereocenters. The Kier molecular flexibility index (Phi) is 5.57. The molecule has 0 aromatic heterocycles. The molecule has 3 nitrogen and oxygen atoms in total. The Morgan fingerprint density at radius 1 is 1.27 bits per heavy atom. The SMILES string of the molecule is CCCC1CC(CCOC(=O)C(I)C23NI2C(C)[I-]3)C2C3CCC(C3)C12. The topological polar surface area (TPSA) is 48.2 Å². The van der Waals surface area contributed by atoms with E-state index < -0.39 is 20.1 Å². The summed E-state index contributed by atoms with van der Waals surface area (Å²) < 4.78 is 11.0. The summed E-state index contributed by atoms with van der Waals surface area (Å²) in [7, 11) is 0. The summed E-state index contributed by atoms with van der Waals surface area (Å²) in [5, 5.41) is 0. The van der Waals surface area contributed by atoms with Crippen molar-refractivity contribution in [3.8, 4) is 0 Å². The Labute approximate surface area is 189 Å². The third kappa shape index (κ3) is 3.03. The van der Waals surface area contributed by atoms with Crippen molar-refractivity contribution in [2.75, 3.05) is 6.61 Å². The summed E-state index contributed by atoms with van der Waals surface area (Å²) in [4.78, 5) is 12.6. The maximum absolute atomic E-state index is 12.6. The zero-order chi connectivity index (χ0) is 18.1. The molecular weight excluding hydrogens is 667 g/mol. The molecule has 0 radical (unpaired) electrons. The van der Waals surface area contributed by atoms with Gasteiger partial charge in [-0.1, -0.05) is 0 Å². The van der Waals surface area contributed by atoms with Gasteiger partial charge in [0.25, 0.3) is 0 Å². The molecule has 5 rings (SSSR count). The predicted molar refractivity (Wildman–Crippen MR) is 117 cm³/mol. The van der Waals surface area contributed by atoms with Crippen molar-refractivity contribution in [3.63, 3.8) is 0 Å². The molecule has 0 aromatic carbocycles. The molecule has 5 aliphatic rings. The fraction of sp³-hybridized carbons (Fsp3) is 0.950. The van der Waals surface area contributed by atoms with Gasteiger partial charge in [0.05, 0.1) is 0 Å². The second-order valence-electron chi connectivity index (χ2n) is 9.01. The number of hydrogen-bond acceptors (Lipinski definition) is 3. The van der Waals surface area contributed by atoms with Crippen LogP contribution in [0.5, 0.6) is 0 Å². The number of esters is 1. The van der Waals surface area contributed by atoms with E-state index in [0.717, 1.165) is 43.9 Å². The van der Waals surface area contributed by atoms with E-state index in [0.29, 0.717) is 8.16 Å². The van der Waals surface area contributed by atoms with E-state index in [2.05, 4.69) is 40.0 Å². The van der Waals surface area contributed by atoms with E-state index in [-0.39, 0.29) is 31.1 Å². The van der Waals surface area contributed by atoms with Crippen molar-refractivity contribution in [1.29, 1.82) is 0 Å². The molecule has 0 aromatic rings. The van der Waals surface area contributed by atoms with Gasteiger partial charge < -0.3 is 0 Å². The van der Waals surface area contributed by atoms with Crippen LogP contribution in [-0.2, 0) is 9.53 Å².